The summed E-state index contributed by atoms with van der Waals surface area (Å²) in [7, 11) is 0. The van der Waals surface area contributed by atoms with E-state index in [1.54, 1.807) is 0 Å². The summed E-state index contributed by atoms with van der Waals surface area (Å²) in [6.07, 6.45) is 0. The number of rotatable bonds is 9. The van der Waals surface area contributed by atoms with Gasteiger partial charge in [-0.2, -0.15) is 0 Å². The van der Waals surface area contributed by atoms with Gasteiger partial charge in [0.05, 0.1) is 22.1 Å². The second kappa shape index (κ2) is 17.7. The van der Waals surface area contributed by atoms with E-state index in [0.29, 0.717) is 0 Å². The number of nitrogens with zero attached hydrogens (tertiary/aromatic N) is 2. The highest BCUT2D eigenvalue weighted by Gasteiger charge is 2.47. The molecule has 362 valence electrons. The highest BCUT2D eigenvalue weighted by Crippen LogP contribution is 2.59. The predicted molar refractivity (Wildman–Crippen MR) is 321 cm³/mol. The lowest BCUT2D eigenvalue weighted by molar-refractivity contribution is 0.717. The van der Waals surface area contributed by atoms with Crippen molar-refractivity contribution in [3.8, 4) is 50.2 Å². The lowest BCUT2D eigenvalue weighted by atomic mass is 9.67. The summed E-state index contributed by atoms with van der Waals surface area (Å²) in [5.41, 5.74) is 24.7. The van der Waals surface area contributed by atoms with Gasteiger partial charge in [0.2, 0.25) is 0 Å². The fourth-order valence-electron chi connectivity index (χ4n) is 13.6. The van der Waals surface area contributed by atoms with Gasteiger partial charge in [-0.3, -0.25) is 0 Å². The molecule has 2 nitrogen and oxygen atoms in total. The van der Waals surface area contributed by atoms with Crippen LogP contribution in [0, 0.1) is 0 Å². The summed E-state index contributed by atoms with van der Waals surface area (Å²) in [4.78, 5) is 2.47. The van der Waals surface area contributed by atoms with Crippen molar-refractivity contribution in [3.63, 3.8) is 0 Å². The van der Waals surface area contributed by atoms with Crippen LogP contribution < -0.4 is 4.90 Å². The number of hydrogen-bond acceptors (Lipinski definition) is 1. The van der Waals surface area contributed by atoms with Crippen molar-refractivity contribution in [2.75, 3.05) is 4.90 Å². The van der Waals surface area contributed by atoms with E-state index >= 15 is 0 Å². The van der Waals surface area contributed by atoms with Gasteiger partial charge < -0.3 is 9.47 Å². The maximum absolute atomic E-state index is 2.53. The Hall–Kier alpha value is -9.76. The third-order valence-electron chi connectivity index (χ3n) is 16.9. The molecule has 12 aromatic carbocycles. The summed E-state index contributed by atoms with van der Waals surface area (Å²) in [5, 5.41) is 2.49. The van der Waals surface area contributed by atoms with Gasteiger partial charge in [-0.15, -0.1) is 0 Å². The topological polar surface area (TPSA) is 8.17 Å². The van der Waals surface area contributed by atoms with Crippen molar-refractivity contribution in [1.29, 1.82) is 0 Å². The van der Waals surface area contributed by atoms with Crippen molar-refractivity contribution in [3.05, 3.63) is 336 Å². The normalized spacial score (nSPS) is 14.7. The second-order valence-electron chi connectivity index (χ2n) is 20.9. The Labute approximate surface area is 450 Å². The van der Waals surface area contributed by atoms with Crippen molar-refractivity contribution in [1.82, 2.24) is 4.57 Å². The van der Waals surface area contributed by atoms with Crippen LogP contribution in [-0.2, 0) is 10.8 Å². The Morgan fingerprint density at radius 1 is 0.325 bits per heavy atom. The largest absolute Gasteiger partial charge is 0.310 e. The van der Waals surface area contributed by atoms with Crippen LogP contribution in [-0.4, -0.2) is 4.57 Å². The van der Waals surface area contributed by atoms with Crippen LogP contribution >= 0.6 is 0 Å². The molecule has 0 saturated heterocycles. The van der Waals surface area contributed by atoms with E-state index in [0.717, 1.165) is 33.9 Å². The SMILES string of the molecule is CC1(c2ccccc2)c2ccc(N(c3ccccc3)c3ccccc3-c3cccc(C4(c5ccccc5)c5ccccc5-c5ccccc54)c3)cc2-c2ccc3c4cc(-c5ccccc5)ccc4n(-c4ccccc4)c3c21. The first-order valence-electron chi connectivity index (χ1n) is 26.8. The molecule has 2 heteroatoms. The third-order valence-corrected chi connectivity index (χ3v) is 16.9. The summed E-state index contributed by atoms with van der Waals surface area (Å²) >= 11 is 0. The second-order valence-corrected chi connectivity index (χ2v) is 20.9. The molecule has 1 heterocycles. The first-order chi connectivity index (χ1) is 38.1. The smallest absolute Gasteiger partial charge is 0.0713 e. The van der Waals surface area contributed by atoms with Gasteiger partial charge in [-0.1, -0.05) is 237 Å². The zero-order valence-corrected chi connectivity index (χ0v) is 42.7. The molecule has 2 aliphatic rings. The third kappa shape index (κ3) is 6.68. The average molecular weight is 981 g/mol. The molecule has 2 aliphatic carbocycles. The van der Waals surface area contributed by atoms with E-state index in [4.69, 9.17) is 0 Å². The van der Waals surface area contributed by atoms with Crippen LogP contribution in [0.3, 0.4) is 0 Å². The average Bonchev–Trinajstić information content (AvgIpc) is 4.12. The van der Waals surface area contributed by atoms with Crippen LogP contribution in [0.5, 0.6) is 0 Å². The lowest BCUT2D eigenvalue weighted by Crippen LogP contribution is -2.28. The standard InChI is InChI=1S/C75H52N2/c1-74(54-27-9-3-10-28-54)67-46-43-59(50-65(67)63-44-45-64-66-49-52(51-24-7-2-8-25-51)42-47-71(66)77(73(64)72(63)74)58-34-15-6-16-35-58)76(57-32-13-5-14-33-57)70-41-22-19-36-60(70)53-26-23-31-56(48-53)75(55-29-11-4-12-30-55)68-39-20-17-37-61(68)62-38-18-21-40-69(62)75/h2-50H,1H3. The Bertz CT molecular complexity index is 4340. The molecule has 1 unspecified atom stereocenters. The number of fused-ring (bicyclic) bond motifs is 10. The minimum absolute atomic E-state index is 0.491. The Morgan fingerprint density at radius 2 is 0.896 bits per heavy atom. The highest BCUT2D eigenvalue weighted by molar-refractivity contribution is 6.14. The van der Waals surface area contributed by atoms with Gasteiger partial charge >= 0.3 is 0 Å². The van der Waals surface area contributed by atoms with Gasteiger partial charge in [0, 0.05) is 38.8 Å². The highest BCUT2D eigenvalue weighted by atomic mass is 15.1. The molecule has 1 atom stereocenters. The molecule has 77 heavy (non-hydrogen) atoms. The fourth-order valence-corrected chi connectivity index (χ4v) is 13.6. The summed E-state index contributed by atoms with van der Waals surface area (Å²) < 4.78 is 2.53. The monoisotopic (exact) mass is 980 g/mol. The number of anilines is 3. The molecular weight excluding hydrogens is 929 g/mol. The van der Waals surface area contributed by atoms with E-state index in [1.165, 1.54) is 94.1 Å². The Morgan fingerprint density at radius 3 is 1.60 bits per heavy atom. The van der Waals surface area contributed by atoms with Crippen molar-refractivity contribution in [2.45, 2.75) is 17.8 Å². The minimum atomic E-state index is -0.515. The maximum atomic E-state index is 2.53. The van der Waals surface area contributed by atoms with Crippen molar-refractivity contribution >= 4 is 38.9 Å². The molecule has 0 spiro atoms. The molecule has 0 aliphatic heterocycles. The van der Waals surface area contributed by atoms with Crippen LogP contribution in [0.25, 0.3) is 72.0 Å². The summed E-state index contributed by atoms with van der Waals surface area (Å²) in [5.74, 6) is 0. The molecule has 1 aromatic heterocycles. The molecular formula is C75H52N2. The zero-order valence-electron chi connectivity index (χ0n) is 42.7. The quantitative estimate of drug-likeness (QED) is 0.140. The summed E-state index contributed by atoms with van der Waals surface area (Å²) in [6.45, 7) is 2.45. The van der Waals surface area contributed by atoms with Crippen LogP contribution in [0.2, 0.25) is 0 Å². The van der Waals surface area contributed by atoms with Gasteiger partial charge in [0.1, 0.15) is 0 Å². The predicted octanol–water partition coefficient (Wildman–Crippen LogP) is 19.3. The van der Waals surface area contributed by atoms with E-state index in [9.17, 15) is 0 Å². The number of benzene rings is 12. The van der Waals surface area contributed by atoms with Crippen molar-refractivity contribution in [2.24, 2.45) is 0 Å². The molecule has 0 saturated carbocycles. The van der Waals surface area contributed by atoms with Crippen LogP contribution in [0.15, 0.2) is 297 Å². The van der Waals surface area contributed by atoms with E-state index in [1.807, 2.05) is 0 Å². The fraction of sp³-hybridized carbons (Fsp3) is 0.0400. The maximum Gasteiger partial charge on any atom is 0.0713 e. The van der Waals surface area contributed by atoms with Crippen LogP contribution in [0.4, 0.5) is 17.1 Å². The van der Waals surface area contributed by atoms with Crippen LogP contribution in [0.1, 0.15) is 45.9 Å². The first kappa shape index (κ1) is 44.7. The number of para-hydroxylation sites is 3. The van der Waals surface area contributed by atoms with Gasteiger partial charge in [0.15, 0.2) is 0 Å². The Kier molecular flexibility index (Phi) is 10.3. The minimum Gasteiger partial charge on any atom is -0.310 e. The number of hydrogen-bond donors (Lipinski definition) is 0. The Balaban J connectivity index is 0.948. The molecule has 15 rings (SSSR count). The molecule has 0 N–H and O–H groups in total. The van der Waals surface area contributed by atoms with E-state index in [2.05, 4.69) is 314 Å². The molecule has 0 fully saturated rings. The summed E-state index contributed by atoms with van der Waals surface area (Å²) in [6, 6.07) is 110. The molecule has 13 aromatic rings. The van der Waals surface area contributed by atoms with Gasteiger partial charge in [-0.05, 0) is 145 Å². The van der Waals surface area contributed by atoms with Gasteiger partial charge in [0.25, 0.3) is 0 Å². The lowest BCUT2D eigenvalue weighted by Gasteiger charge is -2.34. The van der Waals surface area contributed by atoms with Gasteiger partial charge in [-0.25, -0.2) is 0 Å². The number of aromatic nitrogens is 1. The van der Waals surface area contributed by atoms with Crippen molar-refractivity contribution < 1.29 is 0 Å². The van der Waals surface area contributed by atoms with E-state index in [-0.39, 0.29) is 0 Å². The molecule has 0 amide bonds. The molecule has 0 radical (unpaired) electrons. The molecule has 0 bridgehead atoms. The zero-order chi connectivity index (χ0) is 51.1. The first-order valence-corrected chi connectivity index (χ1v) is 26.8. The van der Waals surface area contributed by atoms with E-state index < -0.39 is 10.8 Å².